The highest BCUT2D eigenvalue weighted by Gasteiger charge is 2.37. The maximum absolute atomic E-state index is 11.4. The van der Waals surface area contributed by atoms with Crippen LogP contribution >= 0.6 is 0 Å². The summed E-state index contributed by atoms with van der Waals surface area (Å²) in [6.45, 7) is 8.27. The Bertz CT molecular complexity index is 187. The summed E-state index contributed by atoms with van der Waals surface area (Å²) >= 11 is 0. The van der Waals surface area contributed by atoms with Crippen LogP contribution in [0.4, 0.5) is 0 Å². The fraction of sp³-hybridized carbons (Fsp3) is 0.889. The Morgan fingerprint density at radius 1 is 1.50 bits per heavy atom. The molecule has 1 rings (SSSR count). The van der Waals surface area contributed by atoms with Crippen molar-refractivity contribution < 1.29 is 4.79 Å². The van der Waals surface area contributed by atoms with Crippen LogP contribution < -0.4 is 5.43 Å². The minimum atomic E-state index is -0.0125. The van der Waals surface area contributed by atoms with Crippen molar-refractivity contribution in [2.24, 2.45) is 0 Å². The molecule has 1 aliphatic heterocycles. The topological polar surface area (TPSA) is 32.3 Å². The van der Waals surface area contributed by atoms with E-state index in [2.05, 4.69) is 19.3 Å². The Hall–Kier alpha value is -0.570. The van der Waals surface area contributed by atoms with Gasteiger partial charge in [0.05, 0.1) is 5.54 Å². The summed E-state index contributed by atoms with van der Waals surface area (Å²) < 4.78 is 0. The lowest BCUT2D eigenvalue weighted by Gasteiger charge is -2.33. The van der Waals surface area contributed by atoms with Gasteiger partial charge in [-0.1, -0.05) is 0 Å². The Morgan fingerprint density at radius 2 is 2.08 bits per heavy atom. The van der Waals surface area contributed by atoms with Crippen molar-refractivity contribution in [3.63, 3.8) is 0 Å². The van der Waals surface area contributed by atoms with Crippen LogP contribution in [0.1, 0.15) is 40.5 Å². The summed E-state index contributed by atoms with van der Waals surface area (Å²) in [5.41, 5.74) is 3.15. The van der Waals surface area contributed by atoms with Gasteiger partial charge in [0.2, 0.25) is 5.91 Å². The van der Waals surface area contributed by atoms with Crippen molar-refractivity contribution in [2.45, 2.75) is 52.1 Å². The number of hydrogen-bond donors (Lipinski definition) is 1. The third kappa shape index (κ3) is 1.78. The zero-order valence-electron chi connectivity index (χ0n) is 8.35. The first-order valence-corrected chi connectivity index (χ1v) is 4.53. The number of nitrogens with zero attached hydrogens (tertiary/aromatic N) is 1. The minimum Gasteiger partial charge on any atom is -0.273 e. The first kappa shape index (κ1) is 9.52. The largest absolute Gasteiger partial charge is 0.273 e. The highest BCUT2D eigenvalue weighted by Crippen LogP contribution is 2.27. The third-order valence-corrected chi connectivity index (χ3v) is 2.19. The van der Waals surface area contributed by atoms with Crippen molar-refractivity contribution in [1.29, 1.82) is 0 Å². The lowest BCUT2D eigenvalue weighted by atomic mass is 10.0. The van der Waals surface area contributed by atoms with E-state index in [-0.39, 0.29) is 11.4 Å². The molecule has 0 spiro atoms. The van der Waals surface area contributed by atoms with Crippen LogP contribution in [-0.2, 0) is 4.79 Å². The number of carbonyl (C=O) groups is 1. The van der Waals surface area contributed by atoms with Crippen LogP contribution in [0, 0.1) is 0 Å². The van der Waals surface area contributed by atoms with E-state index in [1.165, 1.54) is 0 Å². The normalized spacial score (nSPS) is 22.4. The fourth-order valence-corrected chi connectivity index (χ4v) is 1.48. The van der Waals surface area contributed by atoms with Gasteiger partial charge in [0.1, 0.15) is 0 Å². The third-order valence-electron chi connectivity index (χ3n) is 2.19. The van der Waals surface area contributed by atoms with E-state index in [1.807, 2.05) is 13.8 Å². The standard InChI is InChI=1S/C9H18N2O/c1-7(2)10-11-8(12)5-6-9(11,3)4/h7,10H,5-6H2,1-4H3. The lowest BCUT2D eigenvalue weighted by Crippen LogP contribution is -2.52. The zero-order valence-corrected chi connectivity index (χ0v) is 8.35. The number of hydrogen-bond acceptors (Lipinski definition) is 2. The van der Waals surface area contributed by atoms with Gasteiger partial charge in [-0.3, -0.25) is 9.80 Å². The Labute approximate surface area is 74.1 Å². The Kier molecular flexibility index (Phi) is 2.42. The summed E-state index contributed by atoms with van der Waals surface area (Å²) in [6.07, 6.45) is 1.62. The number of carbonyl (C=O) groups excluding carboxylic acids is 1. The van der Waals surface area contributed by atoms with Crippen LogP contribution in [0.3, 0.4) is 0 Å². The van der Waals surface area contributed by atoms with E-state index in [1.54, 1.807) is 5.01 Å². The Balaban J connectivity index is 2.65. The molecule has 1 heterocycles. The van der Waals surface area contributed by atoms with Crippen molar-refractivity contribution >= 4 is 5.91 Å². The highest BCUT2D eigenvalue weighted by molar-refractivity contribution is 5.79. The first-order valence-electron chi connectivity index (χ1n) is 4.53. The molecular weight excluding hydrogens is 152 g/mol. The molecule has 0 aromatic rings. The number of nitrogens with one attached hydrogen (secondary N) is 1. The van der Waals surface area contributed by atoms with Gasteiger partial charge < -0.3 is 0 Å². The summed E-state index contributed by atoms with van der Waals surface area (Å²) in [6, 6.07) is 0.325. The van der Waals surface area contributed by atoms with Gasteiger partial charge in [-0.25, -0.2) is 5.43 Å². The first-order chi connectivity index (χ1) is 5.43. The van der Waals surface area contributed by atoms with Crippen molar-refractivity contribution in [2.75, 3.05) is 0 Å². The molecule has 0 aromatic heterocycles. The molecule has 0 aliphatic carbocycles. The van der Waals surface area contributed by atoms with Gasteiger partial charge in [-0.15, -0.1) is 0 Å². The lowest BCUT2D eigenvalue weighted by molar-refractivity contribution is -0.135. The Morgan fingerprint density at radius 3 is 2.42 bits per heavy atom. The quantitative estimate of drug-likeness (QED) is 0.677. The highest BCUT2D eigenvalue weighted by atomic mass is 16.2. The van der Waals surface area contributed by atoms with Gasteiger partial charge in [-0.05, 0) is 34.1 Å². The molecule has 70 valence electrons. The molecular formula is C9H18N2O. The predicted molar refractivity (Wildman–Crippen MR) is 48.4 cm³/mol. The van der Waals surface area contributed by atoms with Crippen LogP contribution in [-0.4, -0.2) is 22.5 Å². The van der Waals surface area contributed by atoms with Gasteiger partial charge >= 0.3 is 0 Å². The second-order valence-corrected chi connectivity index (χ2v) is 4.33. The number of hydrazine groups is 1. The van der Waals surface area contributed by atoms with E-state index in [0.29, 0.717) is 12.5 Å². The molecule has 0 radical (unpaired) electrons. The minimum absolute atomic E-state index is 0.0125. The SMILES string of the molecule is CC(C)NN1C(=O)CCC1(C)C. The zero-order chi connectivity index (χ0) is 9.35. The van der Waals surface area contributed by atoms with E-state index < -0.39 is 0 Å². The summed E-state index contributed by atoms with van der Waals surface area (Å²) in [7, 11) is 0. The number of rotatable bonds is 2. The maximum Gasteiger partial charge on any atom is 0.237 e. The molecule has 1 N–H and O–H groups in total. The smallest absolute Gasteiger partial charge is 0.237 e. The van der Waals surface area contributed by atoms with Gasteiger partial charge in [0.15, 0.2) is 0 Å². The maximum atomic E-state index is 11.4. The average Bonchev–Trinajstić information content (AvgIpc) is 2.15. The van der Waals surface area contributed by atoms with Crippen LogP contribution in [0.25, 0.3) is 0 Å². The molecule has 0 atom stereocenters. The van der Waals surface area contributed by atoms with Crippen molar-refractivity contribution in [3.8, 4) is 0 Å². The molecule has 12 heavy (non-hydrogen) atoms. The molecule has 3 heteroatoms. The fourth-order valence-electron chi connectivity index (χ4n) is 1.48. The second-order valence-electron chi connectivity index (χ2n) is 4.33. The van der Waals surface area contributed by atoms with E-state index in [4.69, 9.17) is 0 Å². The summed E-state index contributed by atoms with van der Waals surface area (Å²) in [5, 5.41) is 1.78. The molecule has 1 saturated heterocycles. The average molecular weight is 170 g/mol. The van der Waals surface area contributed by atoms with Crippen molar-refractivity contribution in [1.82, 2.24) is 10.4 Å². The van der Waals surface area contributed by atoms with Gasteiger partial charge in [-0.2, -0.15) is 0 Å². The molecule has 0 saturated carbocycles. The van der Waals surface area contributed by atoms with E-state index in [0.717, 1.165) is 6.42 Å². The molecule has 3 nitrogen and oxygen atoms in total. The van der Waals surface area contributed by atoms with Gasteiger partial charge in [0.25, 0.3) is 0 Å². The molecule has 0 unspecified atom stereocenters. The summed E-state index contributed by atoms with van der Waals surface area (Å²) in [4.78, 5) is 11.4. The van der Waals surface area contributed by atoms with E-state index >= 15 is 0 Å². The molecule has 1 fully saturated rings. The van der Waals surface area contributed by atoms with Crippen LogP contribution in [0.5, 0.6) is 0 Å². The number of amides is 1. The monoisotopic (exact) mass is 170 g/mol. The molecule has 0 bridgehead atoms. The summed E-state index contributed by atoms with van der Waals surface area (Å²) in [5.74, 6) is 0.216. The second kappa shape index (κ2) is 3.05. The van der Waals surface area contributed by atoms with Crippen molar-refractivity contribution in [3.05, 3.63) is 0 Å². The van der Waals surface area contributed by atoms with Gasteiger partial charge in [0, 0.05) is 12.5 Å². The van der Waals surface area contributed by atoms with Crippen LogP contribution in [0.15, 0.2) is 0 Å². The van der Waals surface area contributed by atoms with Crippen LogP contribution in [0.2, 0.25) is 0 Å². The molecule has 0 aromatic carbocycles. The molecule has 1 amide bonds. The molecule has 1 aliphatic rings. The van der Waals surface area contributed by atoms with E-state index in [9.17, 15) is 4.79 Å². The predicted octanol–water partition coefficient (Wildman–Crippen LogP) is 1.30.